The van der Waals surface area contributed by atoms with E-state index in [0.717, 1.165) is 6.08 Å². The standard InChI is InChI=1S/C21H18ClNO4/c1-27-17-6-2-4-14(12-17)21(26)18-13-15(22)7-9-19(18)23-11-3-5-16(23)8-10-20(24)25/h2-13,21,26H,1H3,(H,24,25)/b10-8+. The first-order valence-corrected chi connectivity index (χ1v) is 8.57. The largest absolute Gasteiger partial charge is 0.497 e. The third-order valence-electron chi connectivity index (χ3n) is 4.13. The molecule has 0 spiro atoms. The second-order valence-corrected chi connectivity index (χ2v) is 6.29. The summed E-state index contributed by atoms with van der Waals surface area (Å²) in [6, 6.07) is 16.0. The molecule has 2 N–H and O–H groups in total. The molecule has 1 heterocycles. The number of rotatable bonds is 6. The summed E-state index contributed by atoms with van der Waals surface area (Å²) in [6.07, 6.45) is 3.43. The topological polar surface area (TPSA) is 71.7 Å². The SMILES string of the molecule is COc1cccc(C(O)c2cc(Cl)ccc2-n2cccc2/C=C/C(=O)O)c1. The van der Waals surface area contributed by atoms with Crippen LogP contribution in [0.1, 0.15) is 22.9 Å². The molecule has 0 saturated heterocycles. The lowest BCUT2D eigenvalue weighted by atomic mass is 9.99. The highest BCUT2D eigenvalue weighted by Crippen LogP contribution is 2.32. The molecule has 0 aliphatic rings. The van der Waals surface area contributed by atoms with Gasteiger partial charge in [0.25, 0.3) is 0 Å². The van der Waals surface area contributed by atoms with Crippen LogP contribution in [0.25, 0.3) is 11.8 Å². The predicted molar refractivity (Wildman–Crippen MR) is 105 cm³/mol. The summed E-state index contributed by atoms with van der Waals surface area (Å²) in [5, 5.41) is 20.4. The highest BCUT2D eigenvalue weighted by Gasteiger charge is 2.18. The van der Waals surface area contributed by atoms with Crippen molar-refractivity contribution in [2.24, 2.45) is 0 Å². The van der Waals surface area contributed by atoms with E-state index in [1.165, 1.54) is 6.08 Å². The molecule has 1 atom stereocenters. The van der Waals surface area contributed by atoms with Gasteiger partial charge in [-0.05, 0) is 54.1 Å². The maximum Gasteiger partial charge on any atom is 0.328 e. The first-order chi connectivity index (χ1) is 13.0. The van der Waals surface area contributed by atoms with E-state index in [9.17, 15) is 9.90 Å². The Morgan fingerprint density at radius 1 is 1.19 bits per heavy atom. The number of aliphatic carboxylic acids is 1. The number of aromatic nitrogens is 1. The lowest BCUT2D eigenvalue weighted by Crippen LogP contribution is -2.07. The molecule has 27 heavy (non-hydrogen) atoms. The monoisotopic (exact) mass is 383 g/mol. The van der Waals surface area contributed by atoms with Crippen LogP contribution in [0, 0.1) is 0 Å². The van der Waals surface area contributed by atoms with E-state index in [1.807, 2.05) is 0 Å². The second-order valence-electron chi connectivity index (χ2n) is 5.86. The quantitative estimate of drug-likeness (QED) is 0.622. The second kappa shape index (κ2) is 8.12. The van der Waals surface area contributed by atoms with Crippen molar-refractivity contribution < 1.29 is 19.7 Å². The van der Waals surface area contributed by atoms with Crippen LogP contribution in [-0.2, 0) is 4.79 Å². The summed E-state index contributed by atoms with van der Waals surface area (Å²) in [5.74, 6) is -0.392. The van der Waals surface area contributed by atoms with Gasteiger partial charge in [-0.3, -0.25) is 0 Å². The van der Waals surface area contributed by atoms with E-state index in [2.05, 4.69) is 0 Å². The minimum Gasteiger partial charge on any atom is -0.497 e. The van der Waals surface area contributed by atoms with E-state index in [-0.39, 0.29) is 0 Å². The van der Waals surface area contributed by atoms with Gasteiger partial charge < -0.3 is 19.5 Å². The van der Waals surface area contributed by atoms with Crippen molar-refractivity contribution in [3.8, 4) is 11.4 Å². The zero-order valence-corrected chi connectivity index (χ0v) is 15.3. The molecule has 1 aromatic heterocycles. The lowest BCUT2D eigenvalue weighted by Gasteiger charge is -2.19. The Kier molecular flexibility index (Phi) is 5.64. The number of carboxylic acids is 1. The Labute approximate surface area is 161 Å². The summed E-state index contributed by atoms with van der Waals surface area (Å²) < 4.78 is 7.03. The smallest absolute Gasteiger partial charge is 0.328 e. The maximum atomic E-state index is 11.0. The number of aliphatic hydroxyl groups excluding tert-OH is 1. The van der Waals surface area contributed by atoms with Crippen molar-refractivity contribution in [1.29, 1.82) is 0 Å². The molecule has 1 unspecified atom stereocenters. The van der Waals surface area contributed by atoms with Gasteiger partial charge in [0.15, 0.2) is 0 Å². The van der Waals surface area contributed by atoms with Crippen LogP contribution in [0.2, 0.25) is 5.02 Å². The van der Waals surface area contributed by atoms with Gasteiger partial charge in [0.05, 0.1) is 12.8 Å². The van der Waals surface area contributed by atoms with Crippen molar-refractivity contribution in [3.63, 3.8) is 0 Å². The molecule has 0 fully saturated rings. The Balaban J connectivity index is 2.09. The van der Waals surface area contributed by atoms with Crippen LogP contribution in [0.15, 0.2) is 66.9 Å². The average Bonchev–Trinajstić information content (AvgIpc) is 3.14. The van der Waals surface area contributed by atoms with Crippen molar-refractivity contribution >= 4 is 23.6 Å². The lowest BCUT2D eigenvalue weighted by molar-refractivity contribution is -0.131. The Bertz CT molecular complexity index is 993. The number of aliphatic hydroxyl groups is 1. The zero-order chi connectivity index (χ0) is 19.4. The first-order valence-electron chi connectivity index (χ1n) is 8.20. The Hall–Kier alpha value is -3.02. The van der Waals surface area contributed by atoms with Gasteiger partial charge in [-0.1, -0.05) is 23.7 Å². The number of carbonyl (C=O) groups is 1. The number of hydrogen-bond acceptors (Lipinski definition) is 3. The average molecular weight is 384 g/mol. The molecular formula is C21H18ClNO4. The number of halogens is 1. The summed E-state index contributed by atoms with van der Waals surface area (Å²) in [7, 11) is 1.57. The number of methoxy groups -OCH3 is 1. The van der Waals surface area contributed by atoms with Crippen LogP contribution >= 0.6 is 11.6 Å². The molecule has 6 heteroatoms. The molecule has 3 rings (SSSR count). The van der Waals surface area contributed by atoms with E-state index in [0.29, 0.717) is 33.3 Å². The molecule has 0 amide bonds. The minimum absolute atomic E-state index is 0.491. The van der Waals surface area contributed by atoms with Gasteiger partial charge in [-0.15, -0.1) is 0 Å². The van der Waals surface area contributed by atoms with E-state index < -0.39 is 12.1 Å². The van der Waals surface area contributed by atoms with E-state index in [4.69, 9.17) is 21.4 Å². The van der Waals surface area contributed by atoms with Crippen LogP contribution in [0.3, 0.4) is 0 Å². The maximum absolute atomic E-state index is 11.0. The van der Waals surface area contributed by atoms with Gasteiger partial charge in [0.2, 0.25) is 0 Å². The first kappa shape index (κ1) is 18.8. The predicted octanol–water partition coefficient (Wildman–Crippen LogP) is 4.32. The number of nitrogens with zero attached hydrogens (tertiary/aromatic N) is 1. The molecule has 0 bridgehead atoms. The van der Waals surface area contributed by atoms with Crippen LogP contribution in [0.5, 0.6) is 5.75 Å². The molecule has 0 aliphatic carbocycles. The van der Waals surface area contributed by atoms with Crippen molar-refractivity contribution in [2.75, 3.05) is 7.11 Å². The van der Waals surface area contributed by atoms with E-state index >= 15 is 0 Å². The molecular weight excluding hydrogens is 366 g/mol. The molecule has 138 valence electrons. The van der Waals surface area contributed by atoms with Gasteiger partial charge in [-0.25, -0.2) is 4.79 Å². The fourth-order valence-corrected chi connectivity index (χ4v) is 3.04. The Morgan fingerprint density at radius 2 is 2.00 bits per heavy atom. The van der Waals surface area contributed by atoms with E-state index in [1.54, 1.807) is 72.5 Å². The third-order valence-corrected chi connectivity index (χ3v) is 4.37. The zero-order valence-electron chi connectivity index (χ0n) is 14.5. The van der Waals surface area contributed by atoms with Crippen LogP contribution in [-0.4, -0.2) is 27.9 Å². The van der Waals surface area contributed by atoms with Crippen molar-refractivity contribution in [3.05, 3.63) is 88.7 Å². The third kappa shape index (κ3) is 4.22. The van der Waals surface area contributed by atoms with Crippen molar-refractivity contribution in [1.82, 2.24) is 4.57 Å². The fourth-order valence-electron chi connectivity index (χ4n) is 2.86. The molecule has 5 nitrogen and oxygen atoms in total. The number of benzene rings is 2. The summed E-state index contributed by atoms with van der Waals surface area (Å²) in [6.45, 7) is 0. The molecule has 0 saturated carbocycles. The summed E-state index contributed by atoms with van der Waals surface area (Å²) >= 11 is 6.17. The molecule has 3 aromatic rings. The highest BCUT2D eigenvalue weighted by atomic mass is 35.5. The minimum atomic E-state index is -1.03. The van der Waals surface area contributed by atoms with Gasteiger partial charge in [0, 0.05) is 28.6 Å². The molecule has 0 radical (unpaired) electrons. The van der Waals surface area contributed by atoms with Gasteiger partial charge in [0.1, 0.15) is 11.9 Å². The normalized spacial score (nSPS) is 12.3. The number of ether oxygens (including phenoxy) is 1. The van der Waals surface area contributed by atoms with Crippen molar-refractivity contribution in [2.45, 2.75) is 6.10 Å². The van der Waals surface area contributed by atoms with Gasteiger partial charge >= 0.3 is 5.97 Å². The van der Waals surface area contributed by atoms with Crippen LogP contribution < -0.4 is 4.74 Å². The fraction of sp³-hybridized carbons (Fsp3) is 0.0952. The summed E-state index contributed by atoms with van der Waals surface area (Å²) in [4.78, 5) is 10.8. The highest BCUT2D eigenvalue weighted by molar-refractivity contribution is 6.30. The number of hydrogen-bond donors (Lipinski definition) is 2. The summed E-state index contributed by atoms with van der Waals surface area (Å²) in [5.41, 5.74) is 2.62. The molecule has 2 aromatic carbocycles. The van der Waals surface area contributed by atoms with Gasteiger partial charge in [-0.2, -0.15) is 0 Å². The number of carboxylic acid groups (broad SMARTS) is 1. The van der Waals surface area contributed by atoms with Crippen LogP contribution in [0.4, 0.5) is 0 Å². The Morgan fingerprint density at radius 3 is 2.74 bits per heavy atom. The molecule has 0 aliphatic heterocycles.